The number of hydrogen-bond acceptors (Lipinski definition) is 10. The van der Waals surface area contributed by atoms with E-state index in [0.29, 0.717) is 30.0 Å². The van der Waals surface area contributed by atoms with Crippen molar-refractivity contribution < 1.29 is 28.7 Å². The maximum atomic E-state index is 14.1. The molecule has 8 aromatic rings. The second-order valence-electron chi connectivity index (χ2n) is 16.1. The number of imidazole rings is 2. The van der Waals surface area contributed by atoms with E-state index in [-0.39, 0.29) is 17.9 Å². The lowest BCUT2D eigenvalue weighted by Gasteiger charge is -2.28. The Morgan fingerprint density at radius 1 is 0.712 bits per heavy atom. The van der Waals surface area contributed by atoms with Gasteiger partial charge in [-0.05, 0) is 52.8 Å². The summed E-state index contributed by atoms with van der Waals surface area (Å²) in [6, 6.07) is 30.4. The summed E-state index contributed by atoms with van der Waals surface area (Å²) in [6.07, 6.45) is 5.85. The lowest BCUT2D eigenvalue weighted by molar-refractivity contribution is -0.135. The third kappa shape index (κ3) is 8.09. The largest absolute Gasteiger partial charge is 0.453 e. The Balaban J connectivity index is 0.847. The molecule has 4 aromatic heterocycles. The first-order valence-electron chi connectivity index (χ1n) is 21.5. The Labute approximate surface area is 387 Å². The number of hydrogen-bond donors (Lipinski definition) is 4. The van der Waals surface area contributed by atoms with Gasteiger partial charge >= 0.3 is 12.2 Å². The number of aromatic amines is 2. The van der Waals surface area contributed by atoms with E-state index in [1.54, 1.807) is 45.9 Å². The minimum Gasteiger partial charge on any atom is -0.453 e. The van der Waals surface area contributed by atoms with Crippen molar-refractivity contribution >= 4 is 67.1 Å². The van der Waals surface area contributed by atoms with Crippen molar-refractivity contribution in [2.45, 2.75) is 37.0 Å². The standard InChI is InChI=1S/C50H44N8O6S2/c1-63-49(61)55-41(31-11-5-3-6-12-31)47(59)57-23-9-15-39(57)45-51-26-38(54-45)30-19-17-29(18-20-30)34-27-65-44-35(28-66-43(34)44)33-21-22-36-37(25-33)53-46(52-36)40-16-10-24-58(40)48(60)42(56-50(62)64-2)32-13-7-4-8-14-32/h3-9,11-15,17-22,25-28,39-42H,10,16,23-24H2,1-2H3,(H,51,54)(H,52,53)(H,55,61)(H,56,62)/t39?,40-,41+,42+/m0/s1. The molecule has 4 aromatic carbocycles. The number of likely N-dealkylation sites (tertiary alicyclic amines) is 1. The van der Waals surface area contributed by atoms with Crippen molar-refractivity contribution in [3.63, 3.8) is 0 Å². The fraction of sp³-hybridized carbons (Fsp3) is 0.200. The third-order valence-electron chi connectivity index (χ3n) is 12.2. The molecular formula is C50H44N8O6S2. The summed E-state index contributed by atoms with van der Waals surface area (Å²) in [5.41, 5.74) is 9.29. The van der Waals surface area contributed by atoms with Gasteiger partial charge in [0.15, 0.2) is 0 Å². The number of rotatable bonds is 11. The summed E-state index contributed by atoms with van der Waals surface area (Å²) in [7, 11) is 2.56. The molecule has 6 heterocycles. The van der Waals surface area contributed by atoms with Crippen LogP contribution in [0.1, 0.15) is 59.8 Å². The number of methoxy groups -OCH3 is 2. The minimum atomic E-state index is -0.924. The van der Waals surface area contributed by atoms with Crippen LogP contribution >= 0.6 is 22.7 Å². The fourth-order valence-electron chi connectivity index (χ4n) is 8.89. The van der Waals surface area contributed by atoms with Gasteiger partial charge in [0.05, 0.1) is 52.6 Å². The highest BCUT2D eigenvalue weighted by atomic mass is 32.1. The fourth-order valence-corrected chi connectivity index (χ4v) is 11.3. The van der Waals surface area contributed by atoms with Crippen LogP contribution in [0.15, 0.2) is 132 Å². The van der Waals surface area contributed by atoms with Gasteiger partial charge in [-0.3, -0.25) is 9.59 Å². The zero-order valence-electron chi connectivity index (χ0n) is 35.9. The van der Waals surface area contributed by atoms with E-state index in [2.05, 4.69) is 67.8 Å². The Bertz CT molecular complexity index is 3100. The Hall–Kier alpha value is -7.56. The number of H-pyrrole nitrogens is 2. The van der Waals surface area contributed by atoms with Gasteiger partial charge in [0.1, 0.15) is 29.8 Å². The Morgan fingerprint density at radius 3 is 1.94 bits per heavy atom. The molecule has 332 valence electrons. The molecule has 1 unspecified atom stereocenters. The van der Waals surface area contributed by atoms with Gasteiger partial charge in [-0.15, -0.1) is 22.7 Å². The van der Waals surface area contributed by atoms with Crippen LogP contribution in [0.4, 0.5) is 9.59 Å². The summed E-state index contributed by atoms with van der Waals surface area (Å²) in [6.45, 7) is 0.923. The van der Waals surface area contributed by atoms with Crippen LogP contribution in [0, 0.1) is 0 Å². The maximum absolute atomic E-state index is 14.1. The number of thiophene rings is 2. The number of benzene rings is 4. The first kappa shape index (κ1) is 42.4. The summed E-state index contributed by atoms with van der Waals surface area (Å²) in [5, 5.41) is 9.85. The molecule has 4 atom stereocenters. The summed E-state index contributed by atoms with van der Waals surface area (Å²) >= 11 is 3.44. The normalized spacial score (nSPS) is 16.7. The zero-order chi connectivity index (χ0) is 45.3. The molecule has 14 nitrogen and oxygen atoms in total. The van der Waals surface area contributed by atoms with E-state index < -0.39 is 30.3 Å². The third-order valence-corrected chi connectivity index (χ3v) is 14.4. The molecule has 16 heteroatoms. The van der Waals surface area contributed by atoms with Crippen LogP contribution in [0.25, 0.3) is 53.9 Å². The Kier molecular flexibility index (Phi) is 11.7. The zero-order valence-corrected chi connectivity index (χ0v) is 37.5. The minimum absolute atomic E-state index is 0.209. The molecule has 0 radical (unpaired) electrons. The molecule has 1 saturated heterocycles. The van der Waals surface area contributed by atoms with Crippen LogP contribution in [0.5, 0.6) is 0 Å². The van der Waals surface area contributed by atoms with E-state index >= 15 is 0 Å². The van der Waals surface area contributed by atoms with Crippen molar-refractivity contribution in [2.24, 2.45) is 0 Å². The SMILES string of the molecule is COC(=O)N[C@@H](C(=O)N1CC=CC1c1ncc(-c2ccc(-c3csc4c(-c5ccc6nc([C@@H]7CCCN7C(=O)[C@H](NC(=O)OC)c7ccccc7)[nH]c6c5)csc34)cc2)[nH]1)c1ccccc1. The highest BCUT2D eigenvalue weighted by Crippen LogP contribution is 2.45. The van der Waals surface area contributed by atoms with Crippen LogP contribution < -0.4 is 10.6 Å². The second-order valence-corrected chi connectivity index (χ2v) is 17.8. The lowest BCUT2D eigenvalue weighted by atomic mass is 10.0. The molecule has 2 aliphatic rings. The van der Waals surface area contributed by atoms with Gasteiger partial charge in [0, 0.05) is 35.0 Å². The highest BCUT2D eigenvalue weighted by molar-refractivity contribution is 7.27. The summed E-state index contributed by atoms with van der Waals surface area (Å²) < 4.78 is 12.1. The van der Waals surface area contributed by atoms with Gasteiger partial charge in [-0.25, -0.2) is 19.6 Å². The predicted molar refractivity (Wildman–Crippen MR) is 255 cm³/mol. The number of aromatic nitrogens is 4. The van der Waals surface area contributed by atoms with E-state index in [0.717, 1.165) is 63.2 Å². The van der Waals surface area contributed by atoms with Crippen LogP contribution in [0.2, 0.25) is 0 Å². The van der Waals surface area contributed by atoms with Crippen molar-refractivity contribution in [2.75, 3.05) is 27.3 Å². The average Bonchev–Trinajstić information content (AvgIpc) is 4.22. The van der Waals surface area contributed by atoms with Crippen molar-refractivity contribution in [1.82, 2.24) is 40.4 Å². The molecular weight excluding hydrogens is 873 g/mol. The monoisotopic (exact) mass is 916 g/mol. The molecule has 66 heavy (non-hydrogen) atoms. The van der Waals surface area contributed by atoms with Crippen LogP contribution in [0.3, 0.4) is 0 Å². The van der Waals surface area contributed by atoms with Gasteiger partial charge in [0.25, 0.3) is 11.8 Å². The van der Waals surface area contributed by atoms with Gasteiger partial charge in [-0.1, -0.05) is 103 Å². The van der Waals surface area contributed by atoms with Crippen LogP contribution in [-0.4, -0.2) is 81.0 Å². The summed E-state index contributed by atoms with van der Waals surface area (Å²) in [5.74, 6) is 0.856. The smallest absolute Gasteiger partial charge is 0.407 e. The molecule has 0 bridgehead atoms. The Morgan fingerprint density at radius 2 is 1.30 bits per heavy atom. The number of alkyl carbamates (subject to hydrolysis) is 2. The number of carbonyl (C=O) groups excluding carboxylic acids is 4. The molecule has 0 saturated carbocycles. The summed E-state index contributed by atoms with van der Waals surface area (Å²) in [4.78, 5) is 72.7. The number of fused-ring (bicyclic) bond motifs is 2. The number of nitrogens with one attached hydrogen (secondary N) is 4. The van der Waals surface area contributed by atoms with Gasteiger partial charge in [-0.2, -0.15) is 0 Å². The quantitative estimate of drug-likeness (QED) is 0.0928. The highest BCUT2D eigenvalue weighted by Gasteiger charge is 2.38. The number of ether oxygens (including phenoxy) is 2. The van der Waals surface area contributed by atoms with E-state index in [9.17, 15) is 19.2 Å². The van der Waals surface area contributed by atoms with E-state index in [1.807, 2.05) is 71.6 Å². The van der Waals surface area contributed by atoms with E-state index in [4.69, 9.17) is 19.4 Å². The van der Waals surface area contributed by atoms with Crippen molar-refractivity contribution in [3.8, 4) is 33.5 Å². The topological polar surface area (TPSA) is 175 Å². The molecule has 0 aliphatic carbocycles. The lowest BCUT2D eigenvalue weighted by Crippen LogP contribution is -2.43. The number of amides is 4. The van der Waals surface area contributed by atoms with Gasteiger partial charge in [0.2, 0.25) is 0 Å². The second kappa shape index (κ2) is 18.1. The molecule has 4 N–H and O–H groups in total. The van der Waals surface area contributed by atoms with Gasteiger partial charge < -0.3 is 39.9 Å². The molecule has 4 amide bonds. The number of nitrogens with zero attached hydrogens (tertiary/aromatic N) is 4. The first-order chi connectivity index (χ1) is 32.3. The molecule has 10 rings (SSSR count). The first-order valence-corrected chi connectivity index (χ1v) is 23.2. The predicted octanol–water partition coefficient (Wildman–Crippen LogP) is 9.86. The maximum Gasteiger partial charge on any atom is 0.407 e. The average molecular weight is 917 g/mol. The molecule has 2 aliphatic heterocycles. The molecule has 1 fully saturated rings. The van der Waals surface area contributed by atoms with E-state index in [1.165, 1.54) is 23.6 Å². The number of carbonyl (C=O) groups is 4. The van der Waals surface area contributed by atoms with Crippen molar-refractivity contribution in [3.05, 3.63) is 155 Å². The van der Waals surface area contributed by atoms with Crippen molar-refractivity contribution in [1.29, 1.82) is 0 Å². The van der Waals surface area contributed by atoms with Crippen LogP contribution in [-0.2, 0) is 19.1 Å². The molecule has 0 spiro atoms.